The van der Waals surface area contributed by atoms with Crippen LogP contribution in [0.15, 0.2) is 18.2 Å². The van der Waals surface area contributed by atoms with Gasteiger partial charge in [0.25, 0.3) is 5.91 Å². The maximum atomic E-state index is 12.7. The SMILES string of the molecule is Cc1c(N)cccc1C(=O)N1C2CCC1C(C(=O)O)C2. The van der Waals surface area contributed by atoms with Gasteiger partial charge >= 0.3 is 5.97 Å². The predicted molar refractivity (Wildman–Crippen MR) is 74.3 cm³/mol. The number of hydrogen-bond acceptors (Lipinski definition) is 3. The standard InChI is InChI=1S/C15H18N2O3/c1-8-10(3-2-4-12(8)16)14(18)17-9-5-6-13(17)11(7-9)15(19)20/h2-4,9,11,13H,5-7,16H2,1H3,(H,19,20). The summed E-state index contributed by atoms with van der Waals surface area (Å²) in [5, 5.41) is 9.25. The summed E-state index contributed by atoms with van der Waals surface area (Å²) in [6.45, 7) is 1.83. The van der Waals surface area contributed by atoms with Crippen LogP contribution in [0.1, 0.15) is 35.2 Å². The summed E-state index contributed by atoms with van der Waals surface area (Å²) in [5.74, 6) is -1.29. The number of carboxylic acids is 1. The number of fused-ring (bicyclic) bond motifs is 2. The van der Waals surface area contributed by atoms with Crippen molar-refractivity contribution in [3.05, 3.63) is 29.3 Å². The van der Waals surface area contributed by atoms with Crippen LogP contribution in [0.4, 0.5) is 5.69 Å². The molecule has 0 spiro atoms. The molecule has 0 saturated carbocycles. The van der Waals surface area contributed by atoms with Gasteiger partial charge in [-0.15, -0.1) is 0 Å². The molecule has 0 aromatic heterocycles. The molecule has 1 aromatic rings. The van der Waals surface area contributed by atoms with Gasteiger partial charge in [-0.1, -0.05) is 6.07 Å². The van der Waals surface area contributed by atoms with Crippen LogP contribution in [0.25, 0.3) is 0 Å². The third-order valence-electron chi connectivity index (χ3n) is 4.69. The van der Waals surface area contributed by atoms with E-state index in [9.17, 15) is 14.7 Å². The smallest absolute Gasteiger partial charge is 0.308 e. The summed E-state index contributed by atoms with van der Waals surface area (Å²) >= 11 is 0. The minimum absolute atomic E-state index is 0.0643. The summed E-state index contributed by atoms with van der Waals surface area (Å²) in [5.41, 5.74) is 7.81. The van der Waals surface area contributed by atoms with Gasteiger partial charge in [0.2, 0.25) is 0 Å². The highest BCUT2D eigenvalue weighted by molar-refractivity contribution is 5.98. The molecule has 0 radical (unpaired) electrons. The molecule has 0 aliphatic carbocycles. The monoisotopic (exact) mass is 274 g/mol. The third kappa shape index (κ3) is 1.77. The lowest BCUT2D eigenvalue weighted by Gasteiger charge is -2.24. The Morgan fingerprint density at radius 3 is 2.75 bits per heavy atom. The van der Waals surface area contributed by atoms with Gasteiger partial charge in [-0.25, -0.2) is 0 Å². The fourth-order valence-electron chi connectivity index (χ4n) is 3.59. The fourth-order valence-corrected chi connectivity index (χ4v) is 3.59. The van der Waals surface area contributed by atoms with Crippen molar-refractivity contribution in [2.75, 3.05) is 5.73 Å². The van der Waals surface area contributed by atoms with Crippen LogP contribution in [-0.4, -0.2) is 34.0 Å². The normalized spacial score (nSPS) is 27.9. The van der Waals surface area contributed by atoms with Crippen LogP contribution in [0.5, 0.6) is 0 Å². The van der Waals surface area contributed by atoms with Crippen molar-refractivity contribution in [2.24, 2.45) is 5.92 Å². The predicted octanol–water partition coefficient (Wildman–Crippen LogP) is 1.65. The first kappa shape index (κ1) is 13.0. The molecule has 3 N–H and O–H groups in total. The van der Waals surface area contributed by atoms with E-state index in [-0.39, 0.29) is 18.0 Å². The van der Waals surface area contributed by atoms with Gasteiger partial charge in [0.1, 0.15) is 0 Å². The van der Waals surface area contributed by atoms with E-state index >= 15 is 0 Å². The zero-order chi connectivity index (χ0) is 14.4. The Morgan fingerprint density at radius 1 is 1.35 bits per heavy atom. The van der Waals surface area contributed by atoms with E-state index in [1.807, 2.05) is 6.92 Å². The molecular weight excluding hydrogens is 256 g/mol. The molecule has 20 heavy (non-hydrogen) atoms. The van der Waals surface area contributed by atoms with Crippen LogP contribution >= 0.6 is 0 Å². The molecule has 3 atom stereocenters. The van der Waals surface area contributed by atoms with Crippen molar-refractivity contribution in [2.45, 2.75) is 38.3 Å². The summed E-state index contributed by atoms with van der Waals surface area (Å²) in [6, 6.07) is 5.20. The van der Waals surface area contributed by atoms with Gasteiger partial charge in [-0.05, 0) is 43.9 Å². The lowest BCUT2D eigenvalue weighted by Crippen LogP contribution is -2.38. The quantitative estimate of drug-likeness (QED) is 0.803. The molecule has 2 saturated heterocycles. The van der Waals surface area contributed by atoms with Crippen molar-refractivity contribution < 1.29 is 14.7 Å². The van der Waals surface area contributed by atoms with Crippen molar-refractivity contribution >= 4 is 17.6 Å². The molecule has 2 fully saturated rings. The van der Waals surface area contributed by atoms with Gasteiger partial charge in [0.15, 0.2) is 0 Å². The lowest BCUT2D eigenvalue weighted by atomic mass is 9.89. The Bertz CT molecular complexity index is 584. The van der Waals surface area contributed by atoms with Crippen LogP contribution in [0.3, 0.4) is 0 Å². The molecule has 2 heterocycles. The van der Waals surface area contributed by atoms with E-state index < -0.39 is 11.9 Å². The summed E-state index contributed by atoms with van der Waals surface area (Å²) in [6.07, 6.45) is 2.27. The number of hydrogen-bond donors (Lipinski definition) is 2. The van der Waals surface area contributed by atoms with E-state index in [1.165, 1.54) is 0 Å². The second-order valence-corrected chi connectivity index (χ2v) is 5.71. The largest absolute Gasteiger partial charge is 0.481 e. The number of carbonyl (C=O) groups is 2. The second-order valence-electron chi connectivity index (χ2n) is 5.71. The Balaban J connectivity index is 1.92. The first-order chi connectivity index (χ1) is 9.50. The Hall–Kier alpha value is -2.04. The number of anilines is 1. The first-order valence-electron chi connectivity index (χ1n) is 6.91. The van der Waals surface area contributed by atoms with E-state index in [0.717, 1.165) is 18.4 Å². The minimum Gasteiger partial charge on any atom is -0.481 e. The highest BCUT2D eigenvalue weighted by Crippen LogP contribution is 2.42. The van der Waals surface area contributed by atoms with E-state index in [4.69, 9.17) is 5.73 Å². The minimum atomic E-state index is -0.792. The molecule has 1 amide bonds. The number of benzene rings is 1. The highest BCUT2D eigenvalue weighted by atomic mass is 16.4. The Labute approximate surface area is 117 Å². The number of carbonyl (C=O) groups excluding carboxylic acids is 1. The summed E-state index contributed by atoms with van der Waals surface area (Å²) in [7, 11) is 0. The van der Waals surface area contributed by atoms with Crippen LogP contribution in [-0.2, 0) is 4.79 Å². The van der Waals surface area contributed by atoms with Crippen molar-refractivity contribution in [1.82, 2.24) is 4.90 Å². The van der Waals surface area contributed by atoms with Gasteiger partial charge in [-0.2, -0.15) is 0 Å². The van der Waals surface area contributed by atoms with Gasteiger partial charge < -0.3 is 15.7 Å². The topological polar surface area (TPSA) is 83.6 Å². The average Bonchev–Trinajstić information content (AvgIpc) is 2.98. The van der Waals surface area contributed by atoms with E-state index in [0.29, 0.717) is 17.7 Å². The van der Waals surface area contributed by atoms with E-state index in [1.54, 1.807) is 23.1 Å². The molecule has 2 bridgehead atoms. The number of nitrogens with zero attached hydrogens (tertiary/aromatic N) is 1. The van der Waals surface area contributed by atoms with Crippen LogP contribution < -0.4 is 5.73 Å². The molecule has 5 heteroatoms. The maximum absolute atomic E-state index is 12.7. The first-order valence-corrected chi connectivity index (χ1v) is 6.91. The Kier molecular flexibility index (Phi) is 2.92. The van der Waals surface area contributed by atoms with Crippen molar-refractivity contribution in [3.8, 4) is 0 Å². The molecule has 2 aliphatic rings. The molecular formula is C15H18N2O3. The molecule has 3 unspecified atom stereocenters. The third-order valence-corrected chi connectivity index (χ3v) is 4.69. The molecule has 3 rings (SSSR count). The van der Waals surface area contributed by atoms with E-state index in [2.05, 4.69) is 0 Å². The number of rotatable bonds is 2. The number of nitrogens with two attached hydrogens (primary N) is 1. The van der Waals surface area contributed by atoms with Gasteiger partial charge in [0.05, 0.1) is 5.92 Å². The highest BCUT2D eigenvalue weighted by Gasteiger charge is 2.51. The molecule has 2 aliphatic heterocycles. The zero-order valence-corrected chi connectivity index (χ0v) is 11.4. The number of carboxylic acid groups (broad SMARTS) is 1. The second kappa shape index (κ2) is 4.51. The molecule has 1 aromatic carbocycles. The fraction of sp³-hybridized carbons (Fsp3) is 0.467. The Morgan fingerprint density at radius 2 is 2.10 bits per heavy atom. The van der Waals surface area contributed by atoms with Gasteiger partial charge in [0, 0.05) is 23.3 Å². The number of nitrogen functional groups attached to an aromatic ring is 1. The summed E-state index contributed by atoms with van der Waals surface area (Å²) in [4.78, 5) is 25.8. The summed E-state index contributed by atoms with van der Waals surface area (Å²) < 4.78 is 0. The van der Waals surface area contributed by atoms with Crippen molar-refractivity contribution in [1.29, 1.82) is 0 Å². The maximum Gasteiger partial charge on any atom is 0.308 e. The number of aliphatic carboxylic acids is 1. The van der Waals surface area contributed by atoms with Crippen LogP contribution in [0.2, 0.25) is 0 Å². The van der Waals surface area contributed by atoms with Gasteiger partial charge in [-0.3, -0.25) is 9.59 Å². The lowest BCUT2D eigenvalue weighted by molar-refractivity contribution is -0.142. The van der Waals surface area contributed by atoms with Crippen LogP contribution in [0, 0.1) is 12.8 Å². The zero-order valence-electron chi connectivity index (χ0n) is 11.4. The molecule has 5 nitrogen and oxygen atoms in total. The molecule has 106 valence electrons. The number of amides is 1. The average molecular weight is 274 g/mol. The van der Waals surface area contributed by atoms with Crippen molar-refractivity contribution in [3.63, 3.8) is 0 Å².